The predicted octanol–water partition coefficient (Wildman–Crippen LogP) is 3.56. The summed E-state index contributed by atoms with van der Waals surface area (Å²) in [6, 6.07) is 0.0630. The van der Waals surface area contributed by atoms with Crippen molar-refractivity contribution in [1.29, 1.82) is 0 Å². The first kappa shape index (κ1) is 18.0. The SMILES string of the molecule is CC(C)CC(N(C)C)C1(c2c(O)c(O)c(Cl)c(O)c2O)CCC1. The third-order valence-electron chi connectivity index (χ3n) is 5.04. The number of benzene rings is 1. The number of hydrogen-bond donors (Lipinski definition) is 4. The highest BCUT2D eigenvalue weighted by molar-refractivity contribution is 6.34. The molecule has 1 aromatic carbocycles. The number of likely N-dealkylation sites (N-methyl/N-ethyl adjacent to an activating group) is 1. The minimum Gasteiger partial charge on any atom is -0.504 e. The normalized spacial score (nSPS) is 18.2. The van der Waals surface area contributed by atoms with Crippen molar-refractivity contribution in [3.05, 3.63) is 10.6 Å². The zero-order chi connectivity index (χ0) is 17.5. The van der Waals surface area contributed by atoms with E-state index in [0.717, 1.165) is 25.7 Å². The number of nitrogens with zero attached hydrogens (tertiary/aromatic N) is 1. The highest BCUT2D eigenvalue weighted by Gasteiger charge is 2.50. The van der Waals surface area contributed by atoms with E-state index in [1.807, 2.05) is 14.1 Å². The Bertz CT molecular complexity index is 568. The molecule has 1 aromatic rings. The molecule has 0 spiro atoms. The lowest BCUT2D eigenvalue weighted by Gasteiger charge is -2.51. The molecule has 1 atom stereocenters. The summed E-state index contributed by atoms with van der Waals surface area (Å²) >= 11 is 5.77. The average molecular weight is 344 g/mol. The zero-order valence-electron chi connectivity index (χ0n) is 14.1. The van der Waals surface area contributed by atoms with Crippen molar-refractivity contribution >= 4 is 11.6 Å². The number of aromatic hydroxyl groups is 4. The van der Waals surface area contributed by atoms with Gasteiger partial charge in [-0.05, 0) is 39.3 Å². The van der Waals surface area contributed by atoms with Gasteiger partial charge in [0.15, 0.2) is 23.0 Å². The molecule has 6 heteroatoms. The Morgan fingerprint density at radius 1 is 1.00 bits per heavy atom. The summed E-state index contributed by atoms with van der Waals surface area (Å²) < 4.78 is 0. The Morgan fingerprint density at radius 3 is 1.78 bits per heavy atom. The third-order valence-corrected chi connectivity index (χ3v) is 5.40. The maximum atomic E-state index is 10.4. The van der Waals surface area contributed by atoms with Crippen LogP contribution < -0.4 is 0 Å². The van der Waals surface area contributed by atoms with Gasteiger partial charge in [-0.15, -0.1) is 0 Å². The predicted molar refractivity (Wildman–Crippen MR) is 90.6 cm³/mol. The van der Waals surface area contributed by atoms with Crippen molar-refractivity contribution in [2.45, 2.75) is 51.0 Å². The van der Waals surface area contributed by atoms with Gasteiger partial charge in [0.2, 0.25) is 0 Å². The quantitative estimate of drug-likeness (QED) is 0.485. The van der Waals surface area contributed by atoms with E-state index in [4.69, 9.17) is 11.6 Å². The molecule has 0 radical (unpaired) electrons. The first-order valence-corrected chi connectivity index (χ1v) is 8.33. The fourth-order valence-electron chi connectivity index (χ4n) is 3.83. The third kappa shape index (κ3) is 2.81. The van der Waals surface area contributed by atoms with Crippen LogP contribution in [0.5, 0.6) is 23.0 Å². The molecule has 1 fully saturated rings. The molecule has 130 valence electrons. The molecule has 0 saturated heterocycles. The van der Waals surface area contributed by atoms with Gasteiger partial charge >= 0.3 is 0 Å². The van der Waals surface area contributed by atoms with Crippen LogP contribution in [0.2, 0.25) is 5.02 Å². The summed E-state index contributed by atoms with van der Waals surface area (Å²) in [5, 5.41) is 40.4. The lowest BCUT2D eigenvalue weighted by Crippen LogP contribution is -2.52. The fourth-order valence-corrected chi connectivity index (χ4v) is 4.00. The Balaban J connectivity index is 2.65. The molecule has 0 heterocycles. The summed E-state index contributed by atoms with van der Waals surface area (Å²) in [6.07, 6.45) is 3.37. The summed E-state index contributed by atoms with van der Waals surface area (Å²) in [7, 11) is 3.94. The smallest absolute Gasteiger partial charge is 0.180 e. The summed E-state index contributed by atoms with van der Waals surface area (Å²) in [6.45, 7) is 4.25. The second-order valence-electron chi connectivity index (χ2n) is 7.20. The van der Waals surface area contributed by atoms with Gasteiger partial charge in [0.25, 0.3) is 0 Å². The van der Waals surface area contributed by atoms with E-state index in [0.29, 0.717) is 5.92 Å². The molecular weight excluding hydrogens is 318 g/mol. The number of rotatable bonds is 5. The van der Waals surface area contributed by atoms with Gasteiger partial charge in [0.05, 0.1) is 5.56 Å². The van der Waals surface area contributed by atoms with Gasteiger partial charge < -0.3 is 25.3 Å². The van der Waals surface area contributed by atoms with E-state index in [9.17, 15) is 20.4 Å². The maximum Gasteiger partial charge on any atom is 0.180 e. The molecule has 2 rings (SSSR count). The first-order valence-electron chi connectivity index (χ1n) is 7.95. The Labute approximate surface area is 142 Å². The largest absolute Gasteiger partial charge is 0.504 e. The van der Waals surface area contributed by atoms with Crippen molar-refractivity contribution in [2.24, 2.45) is 5.92 Å². The van der Waals surface area contributed by atoms with Gasteiger partial charge in [0.1, 0.15) is 5.02 Å². The van der Waals surface area contributed by atoms with Crippen LogP contribution in [0.4, 0.5) is 0 Å². The Hall–Kier alpha value is -1.33. The summed E-state index contributed by atoms with van der Waals surface area (Å²) in [5.41, 5.74) is -0.302. The van der Waals surface area contributed by atoms with Gasteiger partial charge in [-0.1, -0.05) is 31.9 Å². The molecule has 1 aliphatic carbocycles. The van der Waals surface area contributed by atoms with Crippen LogP contribution in [0.1, 0.15) is 45.1 Å². The van der Waals surface area contributed by atoms with Crippen LogP contribution in [-0.2, 0) is 5.41 Å². The molecular formula is C17H26ClNO4. The molecule has 0 bridgehead atoms. The van der Waals surface area contributed by atoms with Crippen molar-refractivity contribution in [3.8, 4) is 23.0 Å². The fraction of sp³-hybridized carbons (Fsp3) is 0.647. The van der Waals surface area contributed by atoms with Crippen LogP contribution in [0.3, 0.4) is 0 Å². The topological polar surface area (TPSA) is 84.2 Å². The molecule has 4 N–H and O–H groups in total. The summed E-state index contributed by atoms with van der Waals surface area (Å²) in [4.78, 5) is 2.08. The van der Waals surface area contributed by atoms with E-state index in [1.165, 1.54) is 0 Å². The molecule has 5 nitrogen and oxygen atoms in total. The zero-order valence-corrected chi connectivity index (χ0v) is 14.9. The van der Waals surface area contributed by atoms with Crippen LogP contribution in [-0.4, -0.2) is 45.5 Å². The minimum atomic E-state index is -0.578. The van der Waals surface area contributed by atoms with Crippen LogP contribution in [0, 0.1) is 5.92 Å². The maximum absolute atomic E-state index is 10.4. The molecule has 23 heavy (non-hydrogen) atoms. The van der Waals surface area contributed by atoms with E-state index in [1.54, 1.807) is 0 Å². The van der Waals surface area contributed by atoms with Crippen molar-refractivity contribution in [2.75, 3.05) is 14.1 Å². The summed E-state index contributed by atoms with van der Waals surface area (Å²) in [5.74, 6) is -1.59. The Morgan fingerprint density at radius 2 is 1.48 bits per heavy atom. The number of phenolic OH excluding ortho intramolecular Hbond substituents is 4. The second-order valence-corrected chi connectivity index (χ2v) is 7.58. The van der Waals surface area contributed by atoms with Gasteiger partial charge in [-0.2, -0.15) is 0 Å². The minimum absolute atomic E-state index is 0.0630. The van der Waals surface area contributed by atoms with Crippen molar-refractivity contribution < 1.29 is 20.4 Å². The lowest BCUT2D eigenvalue weighted by atomic mass is 9.58. The lowest BCUT2D eigenvalue weighted by molar-refractivity contribution is 0.0757. The number of halogens is 1. The van der Waals surface area contributed by atoms with Gasteiger partial charge in [-0.25, -0.2) is 0 Å². The van der Waals surface area contributed by atoms with Crippen LogP contribution in [0.25, 0.3) is 0 Å². The monoisotopic (exact) mass is 343 g/mol. The number of phenols is 4. The Kier molecular flexibility index (Phi) is 4.92. The highest BCUT2D eigenvalue weighted by Crippen LogP contribution is 2.60. The van der Waals surface area contributed by atoms with E-state index in [-0.39, 0.29) is 11.6 Å². The van der Waals surface area contributed by atoms with Gasteiger partial charge in [0, 0.05) is 11.5 Å². The van der Waals surface area contributed by atoms with Crippen LogP contribution in [0.15, 0.2) is 0 Å². The van der Waals surface area contributed by atoms with Crippen molar-refractivity contribution in [1.82, 2.24) is 4.90 Å². The standard InChI is InChI=1S/C17H26ClNO4/c1-9(2)8-10(19(3)4)17(6-5-7-17)11-13(20)15(22)12(18)16(23)14(11)21/h9-10,20-23H,5-8H2,1-4H3. The molecule has 0 aromatic heterocycles. The van der Waals surface area contributed by atoms with E-state index < -0.39 is 33.4 Å². The molecule has 1 aliphatic rings. The molecule has 0 amide bonds. The molecule has 1 saturated carbocycles. The average Bonchev–Trinajstić information content (AvgIpc) is 2.43. The number of hydrogen-bond acceptors (Lipinski definition) is 5. The van der Waals surface area contributed by atoms with Crippen LogP contribution >= 0.6 is 11.6 Å². The van der Waals surface area contributed by atoms with E-state index >= 15 is 0 Å². The molecule has 1 unspecified atom stereocenters. The van der Waals surface area contributed by atoms with Crippen molar-refractivity contribution in [3.63, 3.8) is 0 Å². The van der Waals surface area contributed by atoms with E-state index in [2.05, 4.69) is 18.7 Å². The first-order chi connectivity index (χ1) is 10.6. The highest BCUT2D eigenvalue weighted by atomic mass is 35.5. The molecule has 0 aliphatic heterocycles. The van der Waals surface area contributed by atoms with Gasteiger partial charge in [-0.3, -0.25) is 0 Å². The second kappa shape index (κ2) is 6.29.